The molecule has 1 atom stereocenters. The molecule has 2 rings (SSSR count). The van der Waals surface area contributed by atoms with Crippen molar-refractivity contribution >= 4 is 0 Å². The molecule has 17 heavy (non-hydrogen) atoms. The van der Waals surface area contributed by atoms with Gasteiger partial charge in [-0.05, 0) is 31.0 Å². The quantitative estimate of drug-likeness (QED) is 0.742. The van der Waals surface area contributed by atoms with Crippen molar-refractivity contribution in [3.05, 3.63) is 35.4 Å². The standard InChI is InChI=1S/C12H15F2NO2/c13-7-1-2-11(14)10(3-7)12(17)6-15-8-4-9(16)5-8/h1-3,8-9,12,15-17H,4-6H2. The summed E-state index contributed by atoms with van der Waals surface area (Å²) in [5.74, 6) is -1.19. The molecule has 1 aliphatic rings. The minimum absolute atomic E-state index is 0.0441. The van der Waals surface area contributed by atoms with Crippen LogP contribution in [0.3, 0.4) is 0 Å². The van der Waals surface area contributed by atoms with E-state index in [9.17, 15) is 13.9 Å². The van der Waals surface area contributed by atoms with Crippen molar-refractivity contribution in [2.45, 2.75) is 31.1 Å². The van der Waals surface area contributed by atoms with E-state index in [4.69, 9.17) is 5.11 Å². The van der Waals surface area contributed by atoms with E-state index in [1.807, 2.05) is 0 Å². The monoisotopic (exact) mass is 243 g/mol. The highest BCUT2D eigenvalue weighted by atomic mass is 19.1. The highest BCUT2D eigenvalue weighted by Crippen LogP contribution is 2.22. The molecule has 1 saturated carbocycles. The number of benzene rings is 1. The fraction of sp³-hybridized carbons (Fsp3) is 0.500. The molecule has 1 aromatic rings. The van der Waals surface area contributed by atoms with E-state index in [2.05, 4.69) is 5.32 Å². The molecule has 0 heterocycles. The number of hydrogen-bond donors (Lipinski definition) is 3. The van der Waals surface area contributed by atoms with Crippen molar-refractivity contribution in [3.63, 3.8) is 0 Å². The molecule has 1 fully saturated rings. The third-order valence-electron chi connectivity index (χ3n) is 3.03. The van der Waals surface area contributed by atoms with Crippen molar-refractivity contribution in [3.8, 4) is 0 Å². The fourth-order valence-electron chi connectivity index (χ4n) is 1.91. The van der Waals surface area contributed by atoms with E-state index in [1.165, 1.54) is 0 Å². The zero-order chi connectivity index (χ0) is 12.4. The molecule has 0 bridgehead atoms. The second-order valence-corrected chi connectivity index (χ2v) is 4.41. The number of aliphatic hydroxyl groups is 2. The van der Waals surface area contributed by atoms with Crippen LogP contribution in [0, 0.1) is 11.6 Å². The van der Waals surface area contributed by atoms with Gasteiger partial charge >= 0.3 is 0 Å². The Morgan fingerprint density at radius 2 is 2.06 bits per heavy atom. The molecule has 5 heteroatoms. The van der Waals surface area contributed by atoms with E-state index in [0.29, 0.717) is 12.8 Å². The maximum atomic E-state index is 13.3. The van der Waals surface area contributed by atoms with E-state index >= 15 is 0 Å². The Bertz CT molecular complexity index is 394. The number of rotatable bonds is 4. The van der Waals surface area contributed by atoms with Gasteiger partial charge in [-0.15, -0.1) is 0 Å². The molecule has 3 N–H and O–H groups in total. The normalized spacial score (nSPS) is 25.4. The van der Waals surface area contributed by atoms with Gasteiger partial charge in [0.2, 0.25) is 0 Å². The highest BCUT2D eigenvalue weighted by molar-refractivity contribution is 5.21. The lowest BCUT2D eigenvalue weighted by atomic mass is 9.89. The minimum atomic E-state index is -1.08. The summed E-state index contributed by atoms with van der Waals surface area (Å²) in [6.45, 7) is 0.151. The molecule has 0 spiro atoms. The lowest BCUT2D eigenvalue weighted by molar-refractivity contribution is 0.0547. The maximum Gasteiger partial charge on any atom is 0.129 e. The Balaban J connectivity index is 1.90. The third-order valence-corrected chi connectivity index (χ3v) is 3.03. The lowest BCUT2D eigenvalue weighted by Crippen LogP contribution is -2.45. The zero-order valence-electron chi connectivity index (χ0n) is 9.24. The summed E-state index contributed by atoms with van der Waals surface area (Å²) in [6.07, 6.45) is -0.0875. The van der Waals surface area contributed by atoms with Gasteiger partial charge in [-0.25, -0.2) is 8.78 Å². The van der Waals surface area contributed by atoms with E-state index < -0.39 is 17.7 Å². The summed E-state index contributed by atoms with van der Waals surface area (Å²) >= 11 is 0. The molecular weight excluding hydrogens is 228 g/mol. The van der Waals surface area contributed by atoms with Crippen molar-refractivity contribution in [1.29, 1.82) is 0 Å². The molecule has 0 amide bonds. The van der Waals surface area contributed by atoms with Crippen molar-refractivity contribution < 1.29 is 19.0 Å². The molecule has 0 aromatic heterocycles. The summed E-state index contributed by atoms with van der Waals surface area (Å²) < 4.78 is 26.2. The van der Waals surface area contributed by atoms with Crippen LogP contribution < -0.4 is 5.32 Å². The average molecular weight is 243 g/mol. The number of halogens is 2. The molecule has 94 valence electrons. The smallest absolute Gasteiger partial charge is 0.129 e. The van der Waals surface area contributed by atoms with Crippen LogP contribution in [-0.4, -0.2) is 28.9 Å². The highest BCUT2D eigenvalue weighted by Gasteiger charge is 2.27. The van der Waals surface area contributed by atoms with Crippen LogP contribution in [-0.2, 0) is 0 Å². The summed E-state index contributed by atoms with van der Waals surface area (Å²) in [4.78, 5) is 0. The Morgan fingerprint density at radius 3 is 2.71 bits per heavy atom. The van der Waals surface area contributed by atoms with Crippen molar-refractivity contribution in [2.75, 3.05) is 6.54 Å². The van der Waals surface area contributed by atoms with Gasteiger partial charge in [0.1, 0.15) is 11.6 Å². The molecule has 0 saturated heterocycles. The largest absolute Gasteiger partial charge is 0.393 e. The predicted molar refractivity (Wildman–Crippen MR) is 58.3 cm³/mol. The average Bonchev–Trinajstić information content (AvgIpc) is 2.26. The van der Waals surface area contributed by atoms with Gasteiger partial charge in [0, 0.05) is 18.2 Å². The zero-order valence-corrected chi connectivity index (χ0v) is 9.24. The molecule has 1 aromatic carbocycles. The molecule has 1 unspecified atom stereocenters. The van der Waals surface area contributed by atoms with Crippen LogP contribution in [0.15, 0.2) is 18.2 Å². The van der Waals surface area contributed by atoms with Gasteiger partial charge in [0.05, 0.1) is 12.2 Å². The lowest BCUT2D eigenvalue weighted by Gasteiger charge is -2.32. The van der Waals surface area contributed by atoms with Crippen molar-refractivity contribution in [2.24, 2.45) is 0 Å². The van der Waals surface area contributed by atoms with Gasteiger partial charge in [-0.2, -0.15) is 0 Å². The molecule has 1 aliphatic carbocycles. The van der Waals surface area contributed by atoms with E-state index in [1.54, 1.807) is 0 Å². The summed E-state index contributed by atoms with van der Waals surface area (Å²) in [5.41, 5.74) is -0.0441. The van der Waals surface area contributed by atoms with Crippen LogP contribution in [0.2, 0.25) is 0 Å². The Kier molecular flexibility index (Phi) is 3.71. The summed E-state index contributed by atoms with van der Waals surface area (Å²) in [7, 11) is 0. The third kappa shape index (κ3) is 3.00. The number of aliphatic hydroxyl groups excluding tert-OH is 2. The first-order valence-corrected chi connectivity index (χ1v) is 5.60. The SMILES string of the molecule is OC1CC(NCC(O)c2cc(F)ccc2F)C1. The summed E-state index contributed by atoms with van der Waals surface area (Å²) in [5, 5.41) is 21.8. The molecule has 3 nitrogen and oxygen atoms in total. The molecule has 0 aliphatic heterocycles. The van der Waals surface area contributed by atoms with Gasteiger partial charge in [0.25, 0.3) is 0 Å². The predicted octanol–water partition coefficient (Wildman–Crippen LogP) is 1.11. The van der Waals surface area contributed by atoms with E-state index in [-0.39, 0.29) is 24.3 Å². The topological polar surface area (TPSA) is 52.5 Å². The van der Waals surface area contributed by atoms with E-state index in [0.717, 1.165) is 18.2 Å². The minimum Gasteiger partial charge on any atom is -0.393 e. The van der Waals surface area contributed by atoms with Crippen LogP contribution in [0.1, 0.15) is 24.5 Å². The summed E-state index contributed by atoms with van der Waals surface area (Å²) in [6, 6.07) is 3.16. The van der Waals surface area contributed by atoms with Crippen LogP contribution >= 0.6 is 0 Å². The second kappa shape index (κ2) is 5.08. The first-order chi connectivity index (χ1) is 8.06. The van der Waals surface area contributed by atoms with Crippen LogP contribution in [0.4, 0.5) is 8.78 Å². The maximum absolute atomic E-state index is 13.3. The first-order valence-electron chi connectivity index (χ1n) is 5.60. The van der Waals surface area contributed by atoms with Gasteiger partial charge in [0.15, 0.2) is 0 Å². The van der Waals surface area contributed by atoms with Gasteiger partial charge in [-0.3, -0.25) is 0 Å². The molecule has 0 radical (unpaired) electrons. The van der Waals surface area contributed by atoms with Crippen LogP contribution in [0.25, 0.3) is 0 Å². The first kappa shape index (κ1) is 12.4. The Morgan fingerprint density at radius 1 is 1.35 bits per heavy atom. The fourth-order valence-corrected chi connectivity index (χ4v) is 1.91. The van der Waals surface area contributed by atoms with Gasteiger partial charge < -0.3 is 15.5 Å². The molecular formula is C12H15F2NO2. The van der Waals surface area contributed by atoms with Crippen molar-refractivity contribution in [1.82, 2.24) is 5.32 Å². The Hall–Kier alpha value is -1.04. The van der Waals surface area contributed by atoms with Crippen LogP contribution in [0.5, 0.6) is 0 Å². The van der Waals surface area contributed by atoms with Gasteiger partial charge in [-0.1, -0.05) is 0 Å². The Labute approximate surface area is 98.1 Å². The second-order valence-electron chi connectivity index (χ2n) is 4.41. The number of hydrogen-bond acceptors (Lipinski definition) is 3. The number of nitrogens with one attached hydrogen (secondary N) is 1.